The smallest absolute Gasteiger partial charge is 0.323 e. The van der Waals surface area contributed by atoms with Gasteiger partial charge in [0.2, 0.25) is 0 Å². The maximum Gasteiger partial charge on any atom is 0.323 e. The third-order valence-electron chi connectivity index (χ3n) is 2.92. The number of aliphatic carboxylic acids is 1. The molecule has 0 atom stereocenters. The first kappa shape index (κ1) is 16.1. The lowest BCUT2D eigenvalue weighted by Crippen LogP contribution is -2.37. The lowest BCUT2D eigenvalue weighted by Gasteiger charge is -2.19. The lowest BCUT2D eigenvalue weighted by atomic mass is 10.2. The topological polar surface area (TPSA) is 79.7 Å². The Balaban J connectivity index is 2.16. The van der Waals surface area contributed by atoms with E-state index < -0.39 is 5.97 Å². The number of carboxylic acid groups (broad SMARTS) is 1. The molecule has 0 bridgehead atoms. The summed E-state index contributed by atoms with van der Waals surface area (Å²) in [5.41, 5.74) is 0.924. The molecule has 6 nitrogen and oxygen atoms in total. The summed E-state index contributed by atoms with van der Waals surface area (Å²) < 4.78 is 4.92. The number of hydrogen-bond acceptors (Lipinski definition) is 5. The van der Waals surface area contributed by atoms with E-state index in [9.17, 15) is 9.59 Å². The quantitative estimate of drug-likeness (QED) is 0.844. The van der Waals surface area contributed by atoms with Gasteiger partial charge < -0.3 is 14.7 Å². The number of carbonyl (C=O) groups is 2. The van der Waals surface area contributed by atoms with Crippen molar-refractivity contribution in [3.8, 4) is 10.6 Å². The van der Waals surface area contributed by atoms with Crippen LogP contribution < -0.4 is 0 Å². The van der Waals surface area contributed by atoms with Crippen molar-refractivity contribution >= 4 is 23.2 Å². The standard InChI is InChI=1S/C15H16N2O4S/c1-21-8-7-17(10-13(18)19)15(20)12-9-16-14(22-12)11-5-3-2-4-6-11/h2-6,9H,7-8,10H2,1H3,(H,18,19). The van der Waals surface area contributed by atoms with Crippen molar-refractivity contribution in [3.05, 3.63) is 41.4 Å². The number of carbonyl (C=O) groups excluding carboxylic acids is 1. The Morgan fingerprint density at radius 1 is 1.32 bits per heavy atom. The molecule has 2 rings (SSSR count). The third-order valence-corrected chi connectivity index (χ3v) is 3.95. The van der Waals surface area contributed by atoms with Gasteiger partial charge in [-0.15, -0.1) is 11.3 Å². The van der Waals surface area contributed by atoms with Crippen LogP contribution in [0.1, 0.15) is 9.67 Å². The van der Waals surface area contributed by atoms with Gasteiger partial charge >= 0.3 is 5.97 Å². The van der Waals surface area contributed by atoms with Gasteiger partial charge in [0.1, 0.15) is 16.4 Å². The van der Waals surface area contributed by atoms with E-state index in [-0.39, 0.29) is 25.6 Å². The summed E-state index contributed by atoms with van der Waals surface area (Å²) in [7, 11) is 1.50. The van der Waals surface area contributed by atoms with Crippen LogP contribution >= 0.6 is 11.3 Å². The molecule has 1 amide bonds. The summed E-state index contributed by atoms with van der Waals surface area (Å²) in [6.07, 6.45) is 1.48. The molecule has 0 saturated heterocycles. The number of carboxylic acids is 1. The maximum absolute atomic E-state index is 12.4. The van der Waals surface area contributed by atoms with Gasteiger partial charge in [0.05, 0.1) is 12.8 Å². The number of nitrogens with zero attached hydrogens (tertiary/aromatic N) is 2. The van der Waals surface area contributed by atoms with Gasteiger partial charge in [-0.2, -0.15) is 0 Å². The van der Waals surface area contributed by atoms with Crippen LogP contribution in [0.3, 0.4) is 0 Å². The van der Waals surface area contributed by atoms with Crippen LogP contribution in [-0.4, -0.2) is 53.7 Å². The molecule has 0 aliphatic heterocycles. The van der Waals surface area contributed by atoms with Gasteiger partial charge in [-0.1, -0.05) is 30.3 Å². The second kappa shape index (κ2) is 7.67. The minimum Gasteiger partial charge on any atom is -0.480 e. The zero-order valence-corrected chi connectivity index (χ0v) is 12.9. The lowest BCUT2D eigenvalue weighted by molar-refractivity contribution is -0.137. The summed E-state index contributed by atoms with van der Waals surface area (Å²) >= 11 is 1.25. The molecule has 0 radical (unpaired) electrons. The van der Waals surface area contributed by atoms with Gasteiger partial charge in [0, 0.05) is 19.2 Å². The summed E-state index contributed by atoms with van der Waals surface area (Å²) in [6, 6.07) is 9.52. The number of amides is 1. The number of ether oxygens (including phenoxy) is 1. The molecule has 1 aromatic heterocycles. The van der Waals surface area contributed by atoms with Gasteiger partial charge in [0.25, 0.3) is 5.91 Å². The molecule has 0 fully saturated rings. The molecule has 116 valence electrons. The van der Waals surface area contributed by atoms with Gasteiger partial charge in [-0.3, -0.25) is 9.59 Å². The Bertz CT molecular complexity index is 642. The molecule has 22 heavy (non-hydrogen) atoms. The van der Waals surface area contributed by atoms with Crippen LogP contribution in [-0.2, 0) is 9.53 Å². The molecular formula is C15H16N2O4S. The molecule has 7 heteroatoms. The number of aromatic nitrogens is 1. The maximum atomic E-state index is 12.4. The van der Waals surface area contributed by atoms with Crippen molar-refractivity contribution in [2.75, 3.05) is 26.8 Å². The predicted octanol–water partition coefficient (Wildman–Crippen LogP) is 1.98. The molecule has 0 unspecified atom stereocenters. The van der Waals surface area contributed by atoms with Crippen LogP contribution in [0.5, 0.6) is 0 Å². The third kappa shape index (κ3) is 4.12. The van der Waals surface area contributed by atoms with Crippen molar-refractivity contribution in [1.82, 2.24) is 9.88 Å². The van der Waals surface area contributed by atoms with E-state index in [1.54, 1.807) is 0 Å². The fourth-order valence-electron chi connectivity index (χ4n) is 1.86. The molecule has 1 aromatic carbocycles. The fourth-order valence-corrected chi connectivity index (χ4v) is 2.75. The Kier molecular flexibility index (Phi) is 5.62. The van der Waals surface area contributed by atoms with Gasteiger partial charge in [0.15, 0.2) is 0 Å². The van der Waals surface area contributed by atoms with E-state index in [2.05, 4.69) is 4.98 Å². The van der Waals surface area contributed by atoms with E-state index in [4.69, 9.17) is 9.84 Å². The minimum atomic E-state index is -1.06. The number of thiazole rings is 1. The second-order valence-electron chi connectivity index (χ2n) is 4.51. The van der Waals surface area contributed by atoms with E-state index in [1.807, 2.05) is 30.3 Å². The molecule has 1 N–H and O–H groups in total. The van der Waals surface area contributed by atoms with E-state index >= 15 is 0 Å². The molecule has 0 aliphatic carbocycles. The molecule has 0 saturated carbocycles. The first-order valence-corrected chi connectivity index (χ1v) is 7.44. The number of methoxy groups -OCH3 is 1. The Morgan fingerprint density at radius 2 is 2.05 bits per heavy atom. The SMILES string of the molecule is COCCN(CC(=O)O)C(=O)c1cnc(-c2ccccc2)s1. The fraction of sp³-hybridized carbons (Fsp3) is 0.267. The van der Waals surface area contributed by atoms with Crippen molar-refractivity contribution in [1.29, 1.82) is 0 Å². The summed E-state index contributed by atoms with van der Waals surface area (Å²) in [5.74, 6) is -1.41. The largest absolute Gasteiger partial charge is 0.480 e. The number of hydrogen-bond donors (Lipinski definition) is 1. The minimum absolute atomic E-state index is 0.222. The zero-order chi connectivity index (χ0) is 15.9. The Labute approximate surface area is 132 Å². The molecular weight excluding hydrogens is 304 g/mol. The second-order valence-corrected chi connectivity index (χ2v) is 5.54. The monoisotopic (exact) mass is 320 g/mol. The summed E-state index contributed by atoms with van der Waals surface area (Å²) in [5, 5.41) is 9.64. The number of benzene rings is 1. The van der Waals surface area contributed by atoms with E-state index in [0.717, 1.165) is 10.6 Å². The molecule has 1 heterocycles. The summed E-state index contributed by atoms with van der Waals surface area (Å²) in [4.78, 5) is 29.2. The highest BCUT2D eigenvalue weighted by molar-refractivity contribution is 7.16. The highest BCUT2D eigenvalue weighted by Crippen LogP contribution is 2.25. The van der Waals surface area contributed by atoms with Crippen LogP contribution in [0.2, 0.25) is 0 Å². The van der Waals surface area contributed by atoms with Crippen LogP contribution in [0, 0.1) is 0 Å². The van der Waals surface area contributed by atoms with Crippen molar-refractivity contribution in [3.63, 3.8) is 0 Å². The Morgan fingerprint density at radius 3 is 2.68 bits per heavy atom. The average molecular weight is 320 g/mol. The Hall–Kier alpha value is -2.25. The molecule has 0 spiro atoms. The van der Waals surface area contributed by atoms with E-state index in [0.29, 0.717) is 4.88 Å². The van der Waals surface area contributed by atoms with Crippen molar-refractivity contribution in [2.24, 2.45) is 0 Å². The van der Waals surface area contributed by atoms with Gasteiger partial charge in [-0.25, -0.2) is 4.98 Å². The van der Waals surface area contributed by atoms with Crippen LogP contribution in [0.4, 0.5) is 0 Å². The first-order valence-electron chi connectivity index (χ1n) is 6.63. The normalized spacial score (nSPS) is 10.4. The van der Waals surface area contributed by atoms with Crippen LogP contribution in [0.15, 0.2) is 36.5 Å². The predicted molar refractivity (Wildman–Crippen MR) is 83.0 cm³/mol. The molecule has 0 aliphatic rings. The average Bonchev–Trinajstić information content (AvgIpc) is 3.01. The van der Waals surface area contributed by atoms with Crippen molar-refractivity contribution in [2.45, 2.75) is 0 Å². The number of rotatable bonds is 7. The highest BCUT2D eigenvalue weighted by Gasteiger charge is 2.20. The van der Waals surface area contributed by atoms with Crippen LogP contribution in [0.25, 0.3) is 10.6 Å². The highest BCUT2D eigenvalue weighted by atomic mass is 32.1. The van der Waals surface area contributed by atoms with Gasteiger partial charge in [-0.05, 0) is 0 Å². The summed E-state index contributed by atoms with van der Waals surface area (Å²) in [6.45, 7) is 0.143. The van der Waals surface area contributed by atoms with E-state index in [1.165, 1.54) is 29.5 Å². The first-order chi connectivity index (χ1) is 10.6. The van der Waals surface area contributed by atoms with Crippen molar-refractivity contribution < 1.29 is 19.4 Å². The zero-order valence-electron chi connectivity index (χ0n) is 12.1. The molecule has 2 aromatic rings.